The van der Waals surface area contributed by atoms with Crippen LogP contribution < -0.4 is 15.4 Å². The largest absolute Gasteiger partial charge is 0.465 e. The van der Waals surface area contributed by atoms with Gasteiger partial charge in [0.05, 0.1) is 24.4 Å². The molecule has 9 nitrogen and oxygen atoms in total. The van der Waals surface area contributed by atoms with Crippen LogP contribution in [0.25, 0.3) is 11.0 Å². The van der Waals surface area contributed by atoms with Gasteiger partial charge in [-0.2, -0.15) is 10.1 Å². The number of aromatic nitrogens is 4. The summed E-state index contributed by atoms with van der Waals surface area (Å²) >= 11 is 0. The second kappa shape index (κ2) is 7.72. The zero-order valence-corrected chi connectivity index (χ0v) is 18.5. The number of carbonyl (C=O) groups is 1. The molecule has 0 bridgehead atoms. The lowest BCUT2D eigenvalue weighted by Gasteiger charge is -2.41. The third kappa shape index (κ3) is 3.87. The number of hydrogen-bond donors (Lipinski definition) is 1. The molecule has 1 aromatic carbocycles. The number of H-pyrrole nitrogens is 1. The molecular formula is C22H28N6O3. The molecule has 4 rings (SSSR count). The third-order valence-corrected chi connectivity index (χ3v) is 5.61. The SMILES string of the molecule is COC(=O)c1ccc(N2CCN(c3nc4c(cnn4C(C)(C)C)c(=O)[nH]3)C(C)C2)cc1. The number of ether oxygens (including phenoxy) is 1. The van der Waals surface area contributed by atoms with Gasteiger partial charge >= 0.3 is 5.97 Å². The molecule has 1 unspecified atom stereocenters. The first-order valence-electron chi connectivity index (χ1n) is 10.4. The van der Waals surface area contributed by atoms with Crippen molar-refractivity contribution in [2.24, 2.45) is 0 Å². The Morgan fingerprint density at radius 1 is 1.19 bits per heavy atom. The van der Waals surface area contributed by atoms with Gasteiger partial charge < -0.3 is 14.5 Å². The molecular weight excluding hydrogens is 396 g/mol. The average Bonchev–Trinajstić information content (AvgIpc) is 3.18. The molecule has 0 spiro atoms. The Hall–Kier alpha value is -3.36. The summed E-state index contributed by atoms with van der Waals surface area (Å²) in [6, 6.07) is 7.55. The molecule has 1 saturated heterocycles. The topological polar surface area (TPSA) is 96.3 Å². The van der Waals surface area contributed by atoms with Crippen LogP contribution in [0.3, 0.4) is 0 Å². The van der Waals surface area contributed by atoms with E-state index < -0.39 is 0 Å². The molecule has 1 aliphatic heterocycles. The van der Waals surface area contributed by atoms with Gasteiger partial charge in [-0.05, 0) is 52.0 Å². The Morgan fingerprint density at radius 3 is 2.52 bits per heavy atom. The van der Waals surface area contributed by atoms with Gasteiger partial charge in [0.15, 0.2) is 5.65 Å². The van der Waals surface area contributed by atoms with Crippen LogP contribution >= 0.6 is 0 Å². The number of aromatic amines is 1. The van der Waals surface area contributed by atoms with Crippen LogP contribution in [0.4, 0.5) is 11.6 Å². The van der Waals surface area contributed by atoms with E-state index in [4.69, 9.17) is 9.72 Å². The van der Waals surface area contributed by atoms with Crippen LogP contribution in [0.5, 0.6) is 0 Å². The van der Waals surface area contributed by atoms with Crippen LogP contribution in [0.2, 0.25) is 0 Å². The Bertz CT molecular complexity index is 1160. The fourth-order valence-corrected chi connectivity index (χ4v) is 3.97. The molecule has 0 amide bonds. The molecule has 9 heteroatoms. The normalized spacial score (nSPS) is 17.3. The first-order valence-corrected chi connectivity index (χ1v) is 10.4. The number of rotatable bonds is 3. The summed E-state index contributed by atoms with van der Waals surface area (Å²) in [6.45, 7) is 10.5. The number of carbonyl (C=O) groups excluding carboxylic acids is 1. The van der Waals surface area contributed by atoms with Crippen molar-refractivity contribution in [3.63, 3.8) is 0 Å². The molecule has 1 atom stereocenters. The summed E-state index contributed by atoms with van der Waals surface area (Å²) in [5, 5.41) is 4.88. The number of methoxy groups -OCH3 is 1. The zero-order chi connectivity index (χ0) is 22.3. The van der Waals surface area contributed by atoms with E-state index in [2.05, 4.69) is 26.8 Å². The second-order valence-corrected chi connectivity index (χ2v) is 8.88. The van der Waals surface area contributed by atoms with Crippen molar-refractivity contribution in [1.29, 1.82) is 0 Å². The van der Waals surface area contributed by atoms with E-state index in [9.17, 15) is 9.59 Å². The summed E-state index contributed by atoms with van der Waals surface area (Å²) in [6.07, 6.45) is 1.58. The van der Waals surface area contributed by atoms with Crippen LogP contribution in [-0.2, 0) is 10.3 Å². The Labute approximate surface area is 180 Å². The molecule has 3 heterocycles. The van der Waals surface area contributed by atoms with Gasteiger partial charge in [-0.1, -0.05) is 0 Å². The molecule has 0 aliphatic carbocycles. The Morgan fingerprint density at radius 2 is 1.90 bits per heavy atom. The van der Waals surface area contributed by atoms with Crippen LogP contribution in [0, 0.1) is 0 Å². The standard InChI is InChI=1S/C22H28N6O3/c1-14-13-26(16-8-6-15(7-9-16)20(30)31-5)10-11-27(14)21-24-18-17(19(29)25-21)12-23-28(18)22(2,3)4/h6-9,12,14H,10-11,13H2,1-5H3,(H,24,25,29). The third-order valence-electron chi connectivity index (χ3n) is 5.61. The van der Waals surface area contributed by atoms with E-state index in [-0.39, 0.29) is 23.1 Å². The van der Waals surface area contributed by atoms with Gasteiger partial charge in [0.1, 0.15) is 5.39 Å². The van der Waals surface area contributed by atoms with Gasteiger partial charge in [0.2, 0.25) is 5.95 Å². The summed E-state index contributed by atoms with van der Waals surface area (Å²) in [5.41, 5.74) is 1.72. The molecule has 1 fully saturated rings. The number of fused-ring (bicyclic) bond motifs is 1. The number of nitrogens with zero attached hydrogens (tertiary/aromatic N) is 5. The number of hydrogen-bond acceptors (Lipinski definition) is 7. The lowest BCUT2D eigenvalue weighted by Crippen LogP contribution is -2.53. The summed E-state index contributed by atoms with van der Waals surface area (Å²) in [5.74, 6) is 0.223. The highest BCUT2D eigenvalue weighted by Gasteiger charge is 2.27. The van der Waals surface area contributed by atoms with Crippen molar-refractivity contribution in [2.45, 2.75) is 39.3 Å². The van der Waals surface area contributed by atoms with Gasteiger partial charge in [-0.25, -0.2) is 9.48 Å². The highest BCUT2D eigenvalue weighted by molar-refractivity contribution is 5.89. The van der Waals surface area contributed by atoms with Crippen molar-refractivity contribution in [3.8, 4) is 0 Å². The molecule has 2 aromatic heterocycles. The maximum atomic E-state index is 12.7. The minimum Gasteiger partial charge on any atom is -0.465 e. The maximum Gasteiger partial charge on any atom is 0.337 e. The van der Waals surface area contributed by atoms with Crippen LogP contribution in [0.1, 0.15) is 38.1 Å². The summed E-state index contributed by atoms with van der Waals surface area (Å²) in [4.78, 5) is 36.4. The summed E-state index contributed by atoms with van der Waals surface area (Å²) < 4.78 is 6.56. The minimum atomic E-state index is -0.343. The zero-order valence-electron chi connectivity index (χ0n) is 18.5. The molecule has 0 saturated carbocycles. The number of anilines is 2. The fraction of sp³-hybridized carbons (Fsp3) is 0.455. The van der Waals surface area contributed by atoms with E-state index in [0.717, 1.165) is 18.8 Å². The quantitative estimate of drug-likeness (QED) is 0.645. The van der Waals surface area contributed by atoms with Gasteiger partial charge in [-0.3, -0.25) is 9.78 Å². The maximum absolute atomic E-state index is 12.7. The number of piperazine rings is 1. The molecule has 1 N–H and O–H groups in total. The first-order chi connectivity index (χ1) is 14.7. The molecule has 1 aliphatic rings. The fourth-order valence-electron chi connectivity index (χ4n) is 3.97. The van der Waals surface area contributed by atoms with Crippen molar-refractivity contribution in [3.05, 3.63) is 46.4 Å². The minimum absolute atomic E-state index is 0.126. The molecule has 164 valence electrons. The average molecular weight is 425 g/mol. The van der Waals surface area contributed by atoms with Gasteiger partial charge in [-0.15, -0.1) is 0 Å². The van der Waals surface area contributed by atoms with Crippen LogP contribution in [-0.4, -0.2) is 58.5 Å². The van der Waals surface area contributed by atoms with Gasteiger partial charge in [0, 0.05) is 31.4 Å². The Balaban J connectivity index is 1.57. The summed E-state index contributed by atoms with van der Waals surface area (Å²) in [7, 11) is 1.38. The predicted molar refractivity (Wildman–Crippen MR) is 120 cm³/mol. The van der Waals surface area contributed by atoms with E-state index in [1.54, 1.807) is 23.0 Å². The second-order valence-electron chi connectivity index (χ2n) is 8.88. The van der Waals surface area contributed by atoms with E-state index >= 15 is 0 Å². The van der Waals surface area contributed by atoms with Crippen molar-refractivity contribution >= 4 is 28.6 Å². The van der Waals surface area contributed by atoms with Crippen molar-refractivity contribution in [1.82, 2.24) is 19.7 Å². The monoisotopic (exact) mass is 424 g/mol. The van der Waals surface area contributed by atoms with Crippen molar-refractivity contribution < 1.29 is 9.53 Å². The number of benzene rings is 1. The first kappa shape index (κ1) is 20.9. The predicted octanol–water partition coefficient (Wildman–Crippen LogP) is 2.38. The highest BCUT2D eigenvalue weighted by Crippen LogP contribution is 2.24. The highest BCUT2D eigenvalue weighted by atomic mass is 16.5. The van der Waals surface area contributed by atoms with E-state index in [0.29, 0.717) is 29.1 Å². The molecule has 0 radical (unpaired) electrons. The van der Waals surface area contributed by atoms with Crippen LogP contribution in [0.15, 0.2) is 35.3 Å². The Kier molecular flexibility index (Phi) is 5.20. The number of nitrogens with one attached hydrogen (secondary N) is 1. The van der Waals surface area contributed by atoms with E-state index in [1.165, 1.54) is 7.11 Å². The smallest absolute Gasteiger partial charge is 0.337 e. The molecule has 31 heavy (non-hydrogen) atoms. The number of esters is 1. The lowest BCUT2D eigenvalue weighted by molar-refractivity contribution is 0.0600. The van der Waals surface area contributed by atoms with Gasteiger partial charge in [0.25, 0.3) is 5.56 Å². The van der Waals surface area contributed by atoms with E-state index in [1.807, 2.05) is 32.9 Å². The van der Waals surface area contributed by atoms with Crippen molar-refractivity contribution in [2.75, 3.05) is 36.5 Å². The lowest BCUT2D eigenvalue weighted by atomic mass is 10.1. The molecule has 3 aromatic rings.